The van der Waals surface area contributed by atoms with Crippen LogP contribution in [-0.4, -0.2) is 35.4 Å². The van der Waals surface area contributed by atoms with E-state index in [0.29, 0.717) is 18.2 Å². The lowest BCUT2D eigenvalue weighted by Gasteiger charge is -2.08. The van der Waals surface area contributed by atoms with Crippen LogP contribution in [0, 0.1) is 5.92 Å². The van der Waals surface area contributed by atoms with Crippen molar-refractivity contribution in [1.29, 1.82) is 0 Å². The van der Waals surface area contributed by atoms with Gasteiger partial charge >= 0.3 is 0 Å². The van der Waals surface area contributed by atoms with Crippen molar-refractivity contribution < 1.29 is 9.53 Å². The Bertz CT molecular complexity index is 371. The largest absolute Gasteiger partial charge is 0.396 e. The maximum atomic E-state index is 11.6. The molecule has 0 bridgehead atoms. The van der Waals surface area contributed by atoms with Crippen molar-refractivity contribution in [1.82, 2.24) is 15.1 Å². The van der Waals surface area contributed by atoms with Gasteiger partial charge in [0.1, 0.15) is 6.54 Å². The molecule has 1 atom stereocenters. The first kappa shape index (κ1) is 11.9. The van der Waals surface area contributed by atoms with Crippen molar-refractivity contribution >= 4 is 11.6 Å². The molecule has 1 aromatic heterocycles. The Balaban J connectivity index is 1.63. The summed E-state index contributed by atoms with van der Waals surface area (Å²) >= 11 is 0. The highest BCUT2D eigenvalue weighted by atomic mass is 16.5. The second-order valence-electron chi connectivity index (χ2n) is 4.34. The number of nitrogens with zero attached hydrogens (tertiary/aromatic N) is 2. The molecule has 2 rings (SSSR count). The molecule has 1 amide bonds. The van der Waals surface area contributed by atoms with Gasteiger partial charge in [-0.2, -0.15) is 5.10 Å². The average Bonchev–Trinajstić information content (AvgIpc) is 2.90. The number of amides is 1. The Labute approximate surface area is 100 Å². The summed E-state index contributed by atoms with van der Waals surface area (Å²) in [4.78, 5) is 11.6. The molecule has 94 valence electrons. The highest BCUT2D eigenvalue weighted by molar-refractivity contribution is 5.75. The van der Waals surface area contributed by atoms with Crippen LogP contribution in [-0.2, 0) is 16.1 Å². The molecule has 1 saturated heterocycles. The quantitative estimate of drug-likeness (QED) is 0.757. The molecule has 6 heteroatoms. The molecule has 1 unspecified atom stereocenters. The van der Waals surface area contributed by atoms with Crippen molar-refractivity contribution in [2.45, 2.75) is 19.4 Å². The SMILES string of the molecule is Nc1cnn(CC(=O)NCCC2CCOC2)c1. The van der Waals surface area contributed by atoms with Crippen molar-refractivity contribution in [2.75, 3.05) is 25.5 Å². The van der Waals surface area contributed by atoms with Crippen LogP contribution in [0.3, 0.4) is 0 Å². The fourth-order valence-corrected chi connectivity index (χ4v) is 1.90. The van der Waals surface area contributed by atoms with Gasteiger partial charge in [-0.25, -0.2) is 0 Å². The van der Waals surface area contributed by atoms with Gasteiger partial charge in [-0.05, 0) is 18.8 Å². The van der Waals surface area contributed by atoms with Crippen LogP contribution in [0.2, 0.25) is 0 Å². The maximum absolute atomic E-state index is 11.6. The normalized spacial score (nSPS) is 19.4. The Morgan fingerprint density at radius 2 is 2.59 bits per heavy atom. The van der Waals surface area contributed by atoms with Crippen LogP contribution in [0.5, 0.6) is 0 Å². The summed E-state index contributed by atoms with van der Waals surface area (Å²) in [6, 6.07) is 0. The van der Waals surface area contributed by atoms with E-state index in [0.717, 1.165) is 26.1 Å². The lowest BCUT2D eigenvalue weighted by molar-refractivity contribution is -0.121. The van der Waals surface area contributed by atoms with Gasteiger partial charge in [-0.3, -0.25) is 9.48 Å². The molecule has 0 aromatic carbocycles. The first-order valence-corrected chi connectivity index (χ1v) is 5.86. The Hall–Kier alpha value is -1.56. The second-order valence-corrected chi connectivity index (χ2v) is 4.34. The van der Waals surface area contributed by atoms with Gasteiger partial charge in [0.05, 0.1) is 11.9 Å². The second kappa shape index (κ2) is 5.67. The van der Waals surface area contributed by atoms with E-state index in [-0.39, 0.29) is 12.5 Å². The number of anilines is 1. The summed E-state index contributed by atoms with van der Waals surface area (Å²) in [6.45, 7) is 2.60. The molecule has 0 radical (unpaired) electrons. The summed E-state index contributed by atoms with van der Waals surface area (Å²) in [5, 5.41) is 6.82. The number of hydrogen-bond donors (Lipinski definition) is 2. The van der Waals surface area contributed by atoms with E-state index in [9.17, 15) is 4.79 Å². The predicted octanol–water partition coefficient (Wildman–Crippen LogP) is 0.00810. The molecular weight excluding hydrogens is 220 g/mol. The van der Waals surface area contributed by atoms with E-state index >= 15 is 0 Å². The number of aromatic nitrogens is 2. The number of carbonyl (C=O) groups excluding carboxylic acids is 1. The number of rotatable bonds is 5. The van der Waals surface area contributed by atoms with Crippen LogP contribution in [0.1, 0.15) is 12.8 Å². The Morgan fingerprint density at radius 3 is 3.24 bits per heavy atom. The Kier molecular flexibility index (Phi) is 3.98. The number of carbonyl (C=O) groups is 1. The minimum absolute atomic E-state index is 0.0352. The Morgan fingerprint density at radius 1 is 1.71 bits per heavy atom. The standard InChI is InChI=1S/C11H18N4O2/c12-10-5-14-15(6-10)7-11(16)13-3-1-9-2-4-17-8-9/h5-6,9H,1-4,7-8,12H2,(H,13,16). The zero-order valence-corrected chi connectivity index (χ0v) is 9.76. The predicted molar refractivity (Wildman–Crippen MR) is 63.2 cm³/mol. The van der Waals surface area contributed by atoms with Gasteiger partial charge in [-0.15, -0.1) is 0 Å². The lowest BCUT2D eigenvalue weighted by atomic mass is 10.1. The highest BCUT2D eigenvalue weighted by Gasteiger charge is 2.15. The smallest absolute Gasteiger partial charge is 0.241 e. The van der Waals surface area contributed by atoms with E-state index in [2.05, 4.69) is 10.4 Å². The number of nitrogens with one attached hydrogen (secondary N) is 1. The molecule has 0 saturated carbocycles. The topological polar surface area (TPSA) is 82.2 Å². The van der Waals surface area contributed by atoms with Gasteiger partial charge in [0.2, 0.25) is 5.91 Å². The summed E-state index contributed by atoms with van der Waals surface area (Å²) < 4.78 is 6.80. The monoisotopic (exact) mass is 238 g/mol. The molecule has 17 heavy (non-hydrogen) atoms. The summed E-state index contributed by atoms with van der Waals surface area (Å²) in [7, 11) is 0. The molecular formula is C11H18N4O2. The number of nitrogen functional groups attached to an aromatic ring is 1. The number of nitrogens with two attached hydrogens (primary N) is 1. The van der Waals surface area contributed by atoms with Gasteiger partial charge in [-0.1, -0.05) is 0 Å². The van der Waals surface area contributed by atoms with Crippen molar-refractivity contribution in [3.63, 3.8) is 0 Å². The maximum Gasteiger partial charge on any atom is 0.241 e. The first-order valence-electron chi connectivity index (χ1n) is 5.86. The average molecular weight is 238 g/mol. The number of ether oxygens (including phenoxy) is 1. The third-order valence-electron chi connectivity index (χ3n) is 2.86. The van der Waals surface area contributed by atoms with Crippen LogP contribution in [0.25, 0.3) is 0 Å². The third kappa shape index (κ3) is 3.74. The van der Waals surface area contributed by atoms with Crippen molar-refractivity contribution in [2.24, 2.45) is 5.92 Å². The van der Waals surface area contributed by atoms with Gasteiger partial charge < -0.3 is 15.8 Å². The van der Waals surface area contributed by atoms with Crippen LogP contribution in [0.4, 0.5) is 5.69 Å². The fraction of sp³-hybridized carbons (Fsp3) is 0.636. The van der Waals surface area contributed by atoms with Gasteiger partial charge in [0.15, 0.2) is 0 Å². The van der Waals surface area contributed by atoms with Crippen LogP contribution < -0.4 is 11.1 Å². The van der Waals surface area contributed by atoms with Crippen LogP contribution >= 0.6 is 0 Å². The van der Waals surface area contributed by atoms with Crippen molar-refractivity contribution in [3.8, 4) is 0 Å². The minimum atomic E-state index is -0.0352. The molecule has 1 aromatic rings. The molecule has 1 fully saturated rings. The highest BCUT2D eigenvalue weighted by Crippen LogP contribution is 2.15. The van der Waals surface area contributed by atoms with E-state index in [1.54, 1.807) is 6.20 Å². The van der Waals surface area contributed by atoms with Crippen molar-refractivity contribution in [3.05, 3.63) is 12.4 Å². The van der Waals surface area contributed by atoms with E-state index in [1.165, 1.54) is 10.9 Å². The summed E-state index contributed by atoms with van der Waals surface area (Å²) in [6.07, 6.45) is 5.26. The molecule has 6 nitrogen and oxygen atoms in total. The lowest BCUT2D eigenvalue weighted by Crippen LogP contribution is -2.29. The van der Waals surface area contributed by atoms with Gasteiger partial charge in [0.25, 0.3) is 0 Å². The third-order valence-corrected chi connectivity index (χ3v) is 2.86. The molecule has 1 aliphatic rings. The van der Waals surface area contributed by atoms with E-state index in [4.69, 9.17) is 10.5 Å². The molecule has 1 aliphatic heterocycles. The zero-order valence-electron chi connectivity index (χ0n) is 9.76. The summed E-state index contributed by atoms with van der Waals surface area (Å²) in [5.74, 6) is 0.558. The molecule has 0 aliphatic carbocycles. The molecule has 3 N–H and O–H groups in total. The fourth-order valence-electron chi connectivity index (χ4n) is 1.90. The van der Waals surface area contributed by atoms with Gasteiger partial charge in [0, 0.05) is 26.0 Å². The van der Waals surface area contributed by atoms with E-state index < -0.39 is 0 Å². The minimum Gasteiger partial charge on any atom is -0.396 e. The molecule has 0 spiro atoms. The molecule has 2 heterocycles. The first-order chi connectivity index (χ1) is 8.24. The zero-order chi connectivity index (χ0) is 12.1. The summed E-state index contributed by atoms with van der Waals surface area (Å²) in [5.41, 5.74) is 6.08. The van der Waals surface area contributed by atoms with Crippen LogP contribution in [0.15, 0.2) is 12.4 Å². The number of hydrogen-bond acceptors (Lipinski definition) is 4. The van der Waals surface area contributed by atoms with E-state index in [1.807, 2.05) is 0 Å².